The number of benzene rings is 2. The molecule has 95 valence electrons. The zero-order valence-corrected chi connectivity index (χ0v) is 10.5. The molecular weight excluding hydrogens is 238 g/mol. The molecule has 0 heterocycles. The van der Waals surface area contributed by atoms with Gasteiger partial charge in [-0.1, -0.05) is 55.1 Å². The third-order valence-corrected chi connectivity index (χ3v) is 2.68. The maximum Gasteiger partial charge on any atom is 0.623 e. The van der Waals surface area contributed by atoms with Crippen molar-refractivity contribution in [2.75, 3.05) is 0 Å². The first kappa shape index (κ1) is 13.1. The molecule has 1 N–H and O–H groups in total. The molecule has 1 radical (unpaired) electrons. The number of carbonyl (C=O) groups excluding carboxylic acids is 1. The summed E-state index contributed by atoms with van der Waals surface area (Å²) in [4.78, 5) is 16.1. The number of fused-ring (bicyclic) bond motifs is 1. The van der Waals surface area contributed by atoms with Gasteiger partial charge in [0.1, 0.15) is 0 Å². The van der Waals surface area contributed by atoms with Crippen LogP contribution in [0.3, 0.4) is 0 Å². The summed E-state index contributed by atoms with van der Waals surface area (Å²) in [6, 6.07) is 14.1. The van der Waals surface area contributed by atoms with Crippen molar-refractivity contribution in [1.29, 1.82) is 0 Å². The number of allylic oxidation sites excluding steroid dienone is 2. The lowest BCUT2D eigenvalue weighted by molar-refractivity contribution is -0.145. The van der Waals surface area contributed by atoms with E-state index in [2.05, 4.69) is 24.2 Å². The maximum atomic E-state index is 11.2. The minimum Gasteiger partial charge on any atom is -0.195 e. The molecule has 0 fully saturated rings. The molecule has 0 aromatic heterocycles. The first-order valence-electron chi connectivity index (χ1n) is 6.00. The molecule has 0 aliphatic carbocycles. The fraction of sp³-hybridized carbons (Fsp3) is 0.0625. The first-order chi connectivity index (χ1) is 9.31. The van der Waals surface area contributed by atoms with Crippen molar-refractivity contribution < 1.29 is 9.63 Å². The number of hydrogen-bond donors (Lipinski definition) is 1. The smallest absolute Gasteiger partial charge is 0.195 e. The van der Waals surface area contributed by atoms with Crippen LogP contribution in [-0.2, 0) is 16.2 Å². The van der Waals surface area contributed by atoms with E-state index in [0.717, 1.165) is 10.9 Å². The Morgan fingerprint density at radius 2 is 2.00 bits per heavy atom. The van der Waals surface area contributed by atoms with Crippen LogP contribution in [-0.4, -0.2) is 5.97 Å². The van der Waals surface area contributed by atoms with E-state index in [9.17, 15) is 4.79 Å². The summed E-state index contributed by atoms with van der Waals surface area (Å²) in [5.41, 5.74) is 3.75. The molecule has 0 bridgehead atoms. The fourth-order valence-corrected chi connectivity index (χ4v) is 1.81. The van der Waals surface area contributed by atoms with Gasteiger partial charge in [0.25, 0.3) is 0 Å². The first-order valence-corrected chi connectivity index (χ1v) is 6.00. The molecule has 3 nitrogen and oxygen atoms in total. The van der Waals surface area contributed by atoms with E-state index >= 15 is 0 Å². The molecule has 2 rings (SSSR count). The predicted molar refractivity (Wildman–Crippen MR) is 76.2 cm³/mol. The number of hydroxylamine groups is 1. The quantitative estimate of drug-likeness (QED) is 0.385. The van der Waals surface area contributed by atoms with Gasteiger partial charge in [-0.3, -0.25) is 0 Å². The number of nitrogens with one attached hydrogen (secondary N) is 1. The monoisotopic (exact) mass is 253 g/mol. The van der Waals surface area contributed by atoms with Crippen LogP contribution in [0.2, 0.25) is 0 Å². The lowest BCUT2D eigenvalue weighted by Crippen LogP contribution is -2.18. The second-order valence-electron chi connectivity index (χ2n) is 3.98. The summed E-state index contributed by atoms with van der Waals surface area (Å²) in [5.74, 6) is -0.444. The van der Waals surface area contributed by atoms with E-state index in [1.54, 1.807) is 0 Å². The Morgan fingerprint density at radius 1 is 1.21 bits per heavy atom. The van der Waals surface area contributed by atoms with Crippen molar-refractivity contribution in [3.63, 3.8) is 0 Å². The summed E-state index contributed by atoms with van der Waals surface area (Å²) in [5, 5.41) is 2.31. The van der Waals surface area contributed by atoms with Gasteiger partial charge in [-0.15, -0.1) is 0 Å². The van der Waals surface area contributed by atoms with Crippen molar-refractivity contribution in [2.45, 2.75) is 6.54 Å². The SMILES string of the molecule is C=C/C=C/C(=[O+])ONCc1cccc2ccccc12. The van der Waals surface area contributed by atoms with Crippen LogP contribution in [0.5, 0.6) is 0 Å². The van der Waals surface area contributed by atoms with E-state index in [4.69, 9.17) is 4.84 Å². The van der Waals surface area contributed by atoms with Gasteiger partial charge in [0.2, 0.25) is 0 Å². The van der Waals surface area contributed by atoms with Crippen molar-refractivity contribution in [3.05, 3.63) is 72.8 Å². The van der Waals surface area contributed by atoms with Crippen LogP contribution < -0.4 is 5.48 Å². The highest BCUT2D eigenvalue weighted by molar-refractivity contribution is 5.85. The highest BCUT2D eigenvalue weighted by Gasteiger charge is 2.11. The van der Waals surface area contributed by atoms with Gasteiger partial charge in [0.05, 0.1) is 17.4 Å². The highest BCUT2D eigenvalue weighted by atomic mass is 16.7. The zero-order valence-electron chi connectivity index (χ0n) is 10.5. The fourth-order valence-electron chi connectivity index (χ4n) is 1.81. The second kappa shape index (κ2) is 6.52. The Hall–Kier alpha value is -2.39. The molecule has 3 heteroatoms. The second-order valence-corrected chi connectivity index (χ2v) is 3.98. The molecule has 0 amide bonds. The molecule has 0 saturated carbocycles. The molecule has 0 saturated heterocycles. The molecule has 0 aliphatic rings. The molecule has 0 atom stereocenters. The molecule has 2 aromatic rings. The third-order valence-electron chi connectivity index (χ3n) is 2.68. The Morgan fingerprint density at radius 3 is 2.84 bits per heavy atom. The highest BCUT2D eigenvalue weighted by Crippen LogP contribution is 2.18. The van der Waals surface area contributed by atoms with Crippen LogP contribution in [0.25, 0.3) is 10.8 Å². The molecule has 19 heavy (non-hydrogen) atoms. The van der Waals surface area contributed by atoms with E-state index < -0.39 is 5.97 Å². The van der Waals surface area contributed by atoms with Crippen molar-refractivity contribution in [2.24, 2.45) is 0 Å². The van der Waals surface area contributed by atoms with Gasteiger partial charge in [-0.25, -0.2) is 0 Å². The van der Waals surface area contributed by atoms with E-state index in [1.807, 2.05) is 30.3 Å². The maximum absolute atomic E-state index is 11.2. The molecular formula is C16H15NO2+. The summed E-state index contributed by atoms with van der Waals surface area (Å²) >= 11 is 0. The number of carbonyl (C=O) groups is 1. The third kappa shape index (κ3) is 3.53. The minimum atomic E-state index is -0.444. The van der Waals surface area contributed by atoms with Gasteiger partial charge in [0, 0.05) is 0 Å². The van der Waals surface area contributed by atoms with Crippen LogP contribution in [0.15, 0.2) is 67.3 Å². The Kier molecular flexibility index (Phi) is 4.48. The number of hydrogen-bond acceptors (Lipinski definition) is 3. The standard InChI is InChI=1S/C16H15NO2/c1-2-3-11-16(18)19-17-12-14-9-6-8-13-7-4-5-10-15(13)14/h2-11,17H,1,12H2/q+1/b11-3+. The lowest BCUT2D eigenvalue weighted by Gasteiger charge is -2.03. The van der Waals surface area contributed by atoms with E-state index in [1.165, 1.54) is 23.6 Å². The summed E-state index contributed by atoms with van der Waals surface area (Å²) < 4.78 is 0. The predicted octanol–water partition coefficient (Wildman–Crippen LogP) is 3.13. The van der Waals surface area contributed by atoms with E-state index in [0.29, 0.717) is 6.54 Å². The van der Waals surface area contributed by atoms with Crippen LogP contribution in [0.4, 0.5) is 0 Å². The van der Waals surface area contributed by atoms with Crippen molar-refractivity contribution in [1.82, 2.24) is 5.48 Å². The van der Waals surface area contributed by atoms with Crippen molar-refractivity contribution >= 4 is 16.7 Å². The van der Waals surface area contributed by atoms with Gasteiger partial charge >= 0.3 is 5.97 Å². The summed E-state index contributed by atoms with van der Waals surface area (Å²) in [6.45, 7) is 3.95. The number of rotatable bonds is 5. The molecule has 0 spiro atoms. The van der Waals surface area contributed by atoms with Gasteiger partial charge in [0.15, 0.2) is 0 Å². The van der Waals surface area contributed by atoms with Crippen LogP contribution in [0, 0.1) is 0 Å². The minimum absolute atomic E-state index is 0.444. The van der Waals surface area contributed by atoms with Gasteiger partial charge in [-0.05, 0) is 27.9 Å². The average molecular weight is 253 g/mol. The Labute approximate surface area is 112 Å². The summed E-state index contributed by atoms with van der Waals surface area (Å²) in [7, 11) is 0. The van der Waals surface area contributed by atoms with Gasteiger partial charge in [-0.2, -0.15) is 4.84 Å². The topological polar surface area (TPSA) is 41.2 Å². The Balaban J connectivity index is 2.00. The average Bonchev–Trinajstić information content (AvgIpc) is 2.45. The Bertz CT molecular complexity index is 612. The zero-order chi connectivity index (χ0) is 13.5. The summed E-state index contributed by atoms with van der Waals surface area (Å²) in [6.07, 6.45) is 4.36. The van der Waals surface area contributed by atoms with Crippen LogP contribution in [0.1, 0.15) is 5.56 Å². The lowest BCUT2D eigenvalue weighted by atomic mass is 10.1. The molecule has 0 aliphatic heterocycles. The normalized spacial score (nSPS) is 10.7. The largest absolute Gasteiger partial charge is 0.623 e. The molecule has 0 unspecified atom stereocenters. The van der Waals surface area contributed by atoms with Gasteiger partial charge < -0.3 is 0 Å². The molecule has 2 aromatic carbocycles. The van der Waals surface area contributed by atoms with E-state index in [-0.39, 0.29) is 0 Å². The van der Waals surface area contributed by atoms with Crippen LogP contribution >= 0.6 is 0 Å². The van der Waals surface area contributed by atoms with Crippen molar-refractivity contribution in [3.8, 4) is 0 Å².